The molecule has 1 atom stereocenters. The highest BCUT2D eigenvalue weighted by molar-refractivity contribution is 7.22. The predicted molar refractivity (Wildman–Crippen MR) is 119 cm³/mol. The molecule has 2 aromatic carbocycles. The molecule has 7 nitrogen and oxygen atoms in total. The van der Waals surface area contributed by atoms with Crippen LogP contribution in [0.3, 0.4) is 0 Å². The monoisotopic (exact) mass is 440 g/mol. The van der Waals surface area contributed by atoms with E-state index in [-0.39, 0.29) is 23.1 Å². The number of thiazole rings is 1. The normalized spacial score (nSPS) is 15.7. The number of nitrogens with zero attached hydrogens (tertiary/aromatic N) is 2. The SMILES string of the molecule is CCOc1ccc2nc(N(CC3CCCO3)C(=O)c3ccccc3C(=O)OC)sc2c1. The Bertz CT molecular complexity index is 1090. The van der Waals surface area contributed by atoms with Crippen molar-refractivity contribution >= 4 is 38.6 Å². The van der Waals surface area contributed by atoms with Crippen LogP contribution in [0, 0.1) is 0 Å². The lowest BCUT2D eigenvalue weighted by molar-refractivity contribution is 0.0596. The summed E-state index contributed by atoms with van der Waals surface area (Å²) in [4.78, 5) is 32.2. The first kappa shape index (κ1) is 21.3. The van der Waals surface area contributed by atoms with Gasteiger partial charge in [-0.25, -0.2) is 9.78 Å². The minimum atomic E-state index is -0.549. The largest absolute Gasteiger partial charge is 0.494 e. The summed E-state index contributed by atoms with van der Waals surface area (Å²) in [6.45, 7) is 3.56. The van der Waals surface area contributed by atoms with E-state index >= 15 is 0 Å². The molecule has 162 valence electrons. The number of fused-ring (bicyclic) bond motifs is 1. The number of carbonyl (C=O) groups is 2. The fourth-order valence-corrected chi connectivity index (χ4v) is 4.61. The molecule has 0 saturated carbocycles. The van der Waals surface area contributed by atoms with Gasteiger partial charge in [-0.15, -0.1) is 0 Å². The van der Waals surface area contributed by atoms with Crippen molar-refractivity contribution in [3.05, 3.63) is 53.6 Å². The van der Waals surface area contributed by atoms with Gasteiger partial charge in [0.05, 0.1) is 47.7 Å². The smallest absolute Gasteiger partial charge is 0.338 e. The Morgan fingerprint density at radius 3 is 2.74 bits per heavy atom. The number of carbonyl (C=O) groups excluding carboxylic acids is 2. The van der Waals surface area contributed by atoms with Crippen LogP contribution >= 0.6 is 11.3 Å². The molecule has 1 amide bonds. The molecule has 0 aliphatic carbocycles. The van der Waals surface area contributed by atoms with Gasteiger partial charge in [-0.1, -0.05) is 23.5 Å². The van der Waals surface area contributed by atoms with E-state index in [0.717, 1.165) is 28.8 Å². The number of benzene rings is 2. The molecule has 1 saturated heterocycles. The maximum Gasteiger partial charge on any atom is 0.338 e. The number of hydrogen-bond donors (Lipinski definition) is 0. The van der Waals surface area contributed by atoms with Crippen LogP contribution in [0.5, 0.6) is 5.75 Å². The molecule has 3 aromatic rings. The molecular weight excluding hydrogens is 416 g/mol. The third kappa shape index (κ3) is 4.55. The van der Waals surface area contributed by atoms with Gasteiger partial charge in [-0.3, -0.25) is 9.69 Å². The van der Waals surface area contributed by atoms with Crippen molar-refractivity contribution in [3.63, 3.8) is 0 Å². The standard InChI is InChI=1S/C23H24N2O5S/c1-3-29-15-10-11-19-20(13-15)31-23(24-19)25(14-16-7-6-12-30-16)21(26)17-8-4-5-9-18(17)22(27)28-2/h4-5,8-11,13,16H,3,6-7,12,14H2,1-2H3. The summed E-state index contributed by atoms with van der Waals surface area (Å²) in [6.07, 6.45) is 1.77. The highest BCUT2D eigenvalue weighted by Gasteiger charge is 2.29. The zero-order valence-corrected chi connectivity index (χ0v) is 18.3. The van der Waals surface area contributed by atoms with Gasteiger partial charge < -0.3 is 14.2 Å². The van der Waals surface area contributed by atoms with Crippen LogP contribution in [-0.4, -0.2) is 49.8 Å². The summed E-state index contributed by atoms with van der Waals surface area (Å²) >= 11 is 1.41. The maximum atomic E-state index is 13.6. The number of anilines is 1. The first-order chi connectivity index (χ1) is 15.1. The minimum Gasteiger partial charge on any atom is -0.494 e. The van der Waals surface area contributed by atoms with Crippen LogP contribution in [0.15, 0.2) is 42.5 Å². The van der Waals surface area contributed by atoms with Crippen LogP contribution in [0.1, 0.15) is 40.5 Å². The number of hydrogen-bond acceptors (Lipinski definition) is 7. The number of rotatable bonds is 7. The molecule has 1 aliphatic rings. The van der Waals surface area contributed by atoms with Crippen LogP contribution in [0.4, 0.5) is 5.13 Å². The quantitative estimate of drug-likeness (QED) is 0.510. The number of esters is 1. The Morgan fingerprint density at radius 1 is 1.23 bits per heavy atom. The molecule has 4 rings (SSSR count). The van der Waals surface area contributed by atoms with Crippen molar-refractivity contribution in [3.8, 4) is 5.75 Å². The van der Waals surface area contributed by atoms with E-state index in [9.17, 15) is 9.59 Å². The number of amides is 1. The van der Waals surface area contributed by atoms with Gasteiger partial charge in [0.1, 0.15) is 5.75 Å². The van der Waals surface area contributed by atoms with E-state index in [2.05, 4.69) is 0 Å². The van der Waals surface area contributed by atoms with Crippen molar-refractivity contribution in [1.29, 1.82) is 0 Å². The second-order valence-corrected chi connectivity index (χ2v) is 8.16. The molecule has 0 bridgehead atoms. The fraction of sp³-hybridized carbons (Fsp3) is 0.348. The van der Waals surface area contributed by atoms with E-state index in [0.29, 0.717) is 24.9 Å². The fourth-order valence-electron chi connectivity index (χ4n) is 3.61. The molecule has 0 spiro atoms. The van der Waals surface area contributed by atoms with Crippen molar-refractivity contribution in [1.82, 2.24) is 4.98 Å². The minimum absolute atomic E-state index is 0.0692. The zero-order chi connectivity index (χ0) is 21.8. The molecule has 0 N–H and O–H groups in total. The van der Waals surface area contributed by atoms with Crippen molar-refractivity contribution in [2.75, 3.05) is 31.8 Å². The van der Waals surface area contributed by atoms with E-state index < -0.39 is 5.97 Å². The highest BCUT2D eigenvalue weighted by atomic mass is 32.1. The highest BCUT2D eigenvalue weighted by Crippen LogP contribution is 2.33. The van der Waals surface area contributed by atoms with Gasteiger partial charge in [0, 0.05) is 6.61 Å². The van der Waals surface area contributed by atoms with Gasteiger partial charge in [-0.2, -0.15) is 0 Å². The molecular formula is C23H24N2O5S. The van der Waals surface area contributed by atoms with Gasteiger partial charge in [-0.05, 0) is 50.1 Å². The van der Waals surface area contributed by atoms with E-state index in [1.165, 1.54) is 18.4 Å². The third-order valence-electron chi connectivity index (χ3n) is 5.11. The molecule has 1 fully saturated rings. The second kappa shape index (κ2) is 9.45. The summed E-state index contributed by atoms with van der Waals surface area (Å²) < 4.78 is 17.2. The summed E-state index contributed by atoms with van der Waals surface area (Å²) in [6, 6.07) is 12.4. The van der Waals surface area contributed by atoms with Gasteiger partial charge in [0.25, 0.3) is 5.91 Å². The number of ether oxygens (including phenoxy) is 3. The average Bonchev–Trinajstić information content (AvgIpc) is 3.46. The zero-order valence-electron chi connectivity index (χ0n) is 17.5. The van der Waals surface area contributed by atoms with Gasteiger partial charge in [0.2, 0.25) is 0 Å². The van der Waals surface area contributed by atoms with Crippen molar-refractivity contribution < 1.29 is 23.8 Å². The molecule has 8 heteroatoms. The van der Waals surface area contributed by atoms with E-state index in [4.69, 9.17) is 19.2 Å². The van der Waals surface area contributed by atoms with Crippen LogP contribution in [0.2, 0.25) is 0 Å². The second-order valence-electron chi connectivity index (χ2n) is 7.15. The number of aromatic nitrogens is 1. The topological polar surface area (TPSA) is 78.0 Å². The van der Waals surface area contributed by atoms with Gasteiger partial charge >= 0.3 is 5.97 Å². The van der Waals surface area contributed by atoms with Crippen LogP contribution < -0.4 is 9.64 Å². The Morgan fingerprint density at radius 2 is 2.03 bits per heavy atom. The Labute approximate surface area is 184 Å². The summed E-state index contributed by atoms with van der Waals surface area (Å²) in [5.74, 6) is -0.0921. The first-order valence-electron chi connectivity index (χ1n) is 10.2. The molecule has 31 heavy (non-hydrogen) atoms. The summed E-state index contributed by atoms with van der Waals surface area (Å²) in [5, 5.41) is 0.559. The van der Waals surface area contributed by atoms with E-state index in [1.54, 1.807) is 29.2 Å². The molecule has 1 aromatic heterocycles. The lowest BCUT2D eigenvalue weighted by Crippen LogP contribution is -2.38. The summed E-state index contributed by atoms with van der Waals surface area (Å²) in [7, 11) is 1.30. The van der Waals surface area contributed by atoms with Crippen LogP contribution in [-0.2, 0) is 9.47 Å². The lowest BCUT2D eigenvalue weighted by atomic mass is 10.1. The van der Waals surface area contributed by atoms with Crippen molar-refractivity contribution in [2.24, 2.45) is 0 Å². The average molecular weight is 441 g/mol. The van der Waals surface area contributed by atoms with Crippen LogP contribution in [0.25, 0.3) is 10.2 Å². The first-order valence-corrected chi connectivity index (χ1v) is 11.1. The molecule has 0 radical (unpaired) electrons. The Kier molecular flexibility index (Phi) is 6.48. The molecule has 1 unspecified atom stereocenters. The third-order valence-corrected chi connectivity index (χ3v) is 6.15. The Balaban J connectivity index is 1.73. The number of methoxy groups -OCH3 is 1. The summed E-state index contributed by atoms with van der Waals surface area (Å²) in [5.41, 5.74) is 1.29. The van der Waals surface area contributed by atoms with E-state index in [1.807, 2.05) is 25.1 Å². The Hall–Kier alpha value is -2.97. The maximum absolute atomic E-state index is 13.6. The van der Waals surface area contributed by atoms with Crippen molar-refractivity contribution in [2.45, 2.75) is 25.9 Å². The van der Waals surface area contributed by atoms with Gasteiger partial charge in [0.15, 0.2) is 5.13 Å². The molecule has 1 aliphatic heterocycles. The lowest BCUT2D eigenvalue weighted by Gasteiger charge is -2.23. The predicted octanol–water partition coefficient (Wildman–Crippen LogP) is 4.31. The molecule has 2 heterocycles.